The summed E-state index contributed by atoms with van der Waals surface area (Å²) in [5.74, 6) is 6.84. The van der Waals surface area contributed by atoms with E-state index in [-0.39, 0.29) is 0 Å². The zero-order valence-corrected chi connectivity index (χ0v) is 12.2. The summed E-state index contributed by atoms with van der Waals surface area (Å²) in [6, 6.07) is 0.311. The van der Waals surface area contributed by atoms with Crippen molar-refractivity contribution in [3.05, 3.63) is 0 Å². The molecule has 0 aliphatic carbocycles. The van der Waals surface area contributed by atoms with Gasteiger partial charge in [-0.1, -0.05) is 13.8 Å². The van der Waals surface area contributed by atoms with Crippen LogP contribution in [0.2, 0.25) is 0 Å². The summed E-state index contributed by atoms with van der Waals surface area (Å²) in [5.41, 5.74) is 2.44. The largest absolute Gasteiger partial charge is 0.463 e. The lowest BCUT2D eigenvalue weighted by Crippen LogP contribution is -2.25. The Bertz CT molecular complexity index is 380. The van der Waals surface area contributed by atoms with Gasteiger partial charge >= 0.3 is 6.01 Å². The number of ether oxygens (including phenoxy) is 1. The molecule has 0 aromatic carbocycles. The molecule has 1 aromatic rings. The van der Waals surface area contributed by atoms with Crippen LogP contribution in [0.3, 0.4) is 0 Å². The normalized spacial score (nSPS) is 10.6. The molecule has 0 atom stereocenters. The lowest BCUT2D eigenvalue weighted by atomic mass is 10.1. The van der Waals surface area contributed by atoms with Crippen molar-refractivity contribution in [1.29, 1.82) is 0 Å². The average Bonchev–Trinajstić information content (AvgIpc) is 2.39. The molecule has 1 aromatic heterocycles. The number of hydrogen-bond donors (Lipinski definition) is 2. The van der Waals surface area contributed by atoms with Crippen LogP contribution < -0.4 is 20.9 Å². The quantitative estimate of drug-likeness (QED) is 0.544. The summed E-state index contributed by atoms with van der Waals surface area (Å²) in [5, 5.41) is 0. The second-order valence-corrected chi connectivity index (χ2v) is 4.59. The first-order chi connectivity index (χ1) is 9.10. The van der Waals surface area contributed by atoms with Crippen molar-refractivity contribution in [3.8, 4) is 6.01 Å². The number of nitrogens with one attached hydrogen (secondary N) is 1. The molecule has 1 rings (SSSR count). The molecule has 0 unspecified atom stereocenters. The Hall–Kier alpha value is -1.63. The van der Waals surface area contributed by atoms with E-state index in [1.165, 1.54) is 0 Å². The second-order valence-electron chi connectivity index (χ2n) is 4.59. The number of hydrazine groups is 1. The molecule has 0 radical (unpaired) electrons. The van der Waals surface area contributed by atoms with Crippen LogP contribution in [0.5, 0.6) is 6.01 Å². The van der Waals surface area contributed by atoms with E-state index in [9.17, 15) is 0 Å². The Labute approximate surface area is 114 Å². The van der Waals surface area contributed by atoms with Crippen LogP contribution >= 0.6 is 0 Å². The molecule has 0 aliphatic heterocycles. The van der Waals surface area contributed by atoms with Crippen LogP contribution in [-0.2, 0) is 0 Å². The van der Waals surface area contributed by atoms with Crippen molar-refractivity contribution in [2.24, 2.45) is 11.8 Å². The lowest BCUT2D eigenvalue weighted by Gasteiger charge is -2.19. The molecule has 7 nitrogen and oxygen atoms in total. The van der Waals surface area contributed by atoms with E-state index in [2.05, 4.69) is 34.2 Å². The van der Waals surface area contributed by atoms with Crippen molar-refractivity contribution < 1.29 is 4.74 Å². The Morgan fingerprint density at radius 3 is 2.42 bits per heavy atom. The van der Waals surface area contributed by atoms with Crippen LogP contribution in [0.4, 0.5) is 11.9 Å². The lowest BCUT2D eigenvalue weighted by molar-refractivity contribution is 0.268. The van der Waals surface area contributed by atoms with Crippen LogP contribution in [-0.4, -0.2) is 34.6 Å². The molecule has 0 spiro atoms. The molecule has 3 N–H and O–H groups in total. The minimum absolute atomic E-state index is 0.311. The maximum atomic E-state index is 5.55. The van der Waals surface area contributed by atoms with Gasteiger partial charge in [0, 0.05) is 13.1 Å². The molecule has 0 amide bonds. The van der Waals surface area contributed by atoms with E-state index in [0.29, 0.717) is 30.4 Å². The van der Waals surface area contributed by atoms with Crippen molar-refractivity contribution >= 4 is 11.9 Å². The van der Waals surface area contributed by atoms with Gasteiger partial charge in [-0.15, -0.1) is 0 Å². The second kappa shape index (κ2) is 7.73. The van der Waals surface area contributed by atoms with E-state index >= 15 is 0 Å². The number of nitrogens with zero attached hydrogens (tertiary/aromatic N) is 4. The first-order valence-corrected chi connectivity index (χ1v) is 6.71. The monoisotopic (exact) mass is 268 g/mol. The average molecular weight is 268 g/mol. The zero-order chi connectivity index (χ0) is 14.3. The molecule has 7 heteroatoms. The van der Waals surface area contributed by atoms with Gasteiger partial charge in [0.05, 0.1) is 6.61 Å². The highest BCUT2D eigenvalue weighted by molar-refractivity contribution is 5.37. The maximum absolute atomic E-state index is 5.55. The molecule has 0 saturated carbocycles. The molecular weight excluding hydrogens is 244 g/mol. The van der Waals surface area contributed by atoms with Gasteiger partial charge in [-0.05, 0) is 26.2 Å². The Balaban J connectivity index is 2.82. The van der Waals surface area contributed by atoms with E-state index in [4.69, 9.17) is 10.6 Å². The van der Waals surface area contributed by atoms with Gasteiger partial charge in [0.2, 0.25) is 11.9 Å². The predicted octanol–water partition coefficient (Wildman–Crippen LogP) is 1.43. The smallest absolute Gasteiger partial charge is 0.323 e. The van der Waals surface area contributed by atoms with Gasteiger partial charge in [0.1, 0.15) is 0 Å². The van der Waals surface area contributed by atoms with Crippen molar-refractivity contribution in [2.75, 3.05) is 30.0 Å². The van der Waals surface area contributed by atoms with Gasteiger partial charge < -0.3 is 9.64 Å². The first-order valence-electron chi connectivity index (χ1n) is 6.71. The molecule has 0 saturated heterocycles. The third-order valence-corrected chi connectivity index (χ3v) is 2.70. The highest BCUT2D eigenvalue weighted by Gasteiger charge is 2.11. The Morgan fingerprint density at radius 1 is 1.21 bits per heavy atom. The number of hydrogen-bond acceptors (Lipinski definition) is 7. The van der Waals surface area contributed by atoms with Gasteiger partial charge in [-0.25, -0.2) is 5.84 Å². The SMILES string of the molecule is CCN(CC)c1nc(NN)nc(OCCC(C)C)n1. The van der Waals surface area contributed by atoms with Crippen molar-refractivity contribution in [2.45, 2.75) is 34.1 Å². The number of rotatable bonds is 8. The summed E-state index contributed by atoms with van der Waals surface area (Å²) in [4.78, 5) is 14.6. The standard InChI is InChI=1S/C12H24N6O/c1-5-18(6-2)11-14-10(17-13)15-12(16-11)19-8-7-9(3)4/h9H,5-8,13H2,1-4H3,(H,14,15,16,17). The van der Waals surface area contributed by atoms with Gasteiger partial charge in [0.25, 0.3) is 0 Å². The molecule has 108 valence electrons. The summed E-state index contributed by atoms with van der Waals surface area (Å²) in [7, 11) is 0. The summed E-state index contributed by atoms with van der Waals surface area (Å²) in [6.07, 6.45) is 0.956. The van der Waals surface area contributed by atoms with E-state index in [0.717, 1.165) is 19.5 Å². The molecule has 19 heavy (non-hydrogen) atoms. The maximum Gasteiger partial charge on any atom is 0.323 e. The minimum atomic E-state index is 0.311. The topological polar surface area (TPSA) is 89.2 Å². The summed E-state index contributed by atoms with van der Waals surface area (Å²) < 4.78 is 5.55. The third-order valence-electron chi connectivity index (χ3n) is 2.70. The molecule has 1 heterocycles. The van der Waals surface area contributed by atoms with Crippen LogP contribution in [0.25, 0.3) is 0 Å². The van der Waals surface area contributed by atoms with E-state index < -0.39 is 0 Å². The van der Waals surface area contributed by atoms with Crippen molar-refractivity contribution in [1.82, 2.24) is 15.0 Å². The fraction of sp³-hybridized carbons (Fsp3) is 0.750. The fourth-order valence-electron chi connectivity index (χ4n) is 1.51. The van der Waals surface area contributed by atoms with Crippen LogP contribution in [0.1, 0.15) is 34.1 Å². The van der Waals surface area contributed by atoms with Gasteiger partial charge in [0.15, 0.2) is 0 Å². The summed E-state index contributed by atoms with van der Waals surface area (Å²) >= 11 is 0. The van der Waals surface area contributed by atoms with Crippen molar-refractivity contribution in [3.63, 3.8) is 0 Å². The Morgan fingerprint density at radius 2 is 1.89 bits per heavy atom. The van der Waals surface area contributed by atoms with E-state index in [1.807, 2.05) is 18.7 Å². The number of aromatic nitrogens is 3. The first kappa shape index (κ1) is 15.4. The molecular formula is C12H24N6O. The Kier molecular flexibility index (Phi) is 6.27. The number of nitrogens with two attached hydrogens (primary N) is 1. The van der Waals surface area contributed by atoms with E-state index in [1.54, 1.807) is 0 Å². The number of anilines is 2. The molecule has 0 fully saturated rings. The number of nitrogen functional groups attached to an aromatic ring is 1. The molecule has 0 bridgehead atoms. The summed E-state index contributed by atoms with van der Waals surface area (Å²) in [6.45, 7) is 10.6. The van der Waals surface area contributed by atoms with Gasteiger partial charge in [-0.3, -0.25) is 5.43 Å². The molecule has 0 aliphatic rings. The highest BCUT2D eigenvalue weighted by atomic mass is 16.5. The zero-order valence-electron chi connectivity index (χ0n) is 12.2. The minimum Gasteiger partial charge on any atom is -0.463 e. The van der Waals surface area contributed by atoms with Crippen LogP contribution in [0, 0.1) is 5.92 Å². The van der Waals surface area contributed by atoms with Crippen LogP contribution in [0.15, 0.2) is 0 Å². The fourth-order valence-corrected chi connectivity index (χ4v) is 1.51. The third kappa shape index (κ3) is 4.86. The predicted molar refractivity (Wildman–Crippen MR) is 76.1 cm³/mol. The van der Waals surface area contributed by atoms with Gasteiger partial charge in [-0.2, -0.15) is 15.0 Å². The highest BCUT2D eigenvalue weighted by Crippen LogP contribution is 2.14.